The minimum Gasteiger partial charge on any atom is -0.505 e. The molecule has 0 saturated carbocycles. The van der Waals surface area contributed by atoms with Crippen LogP contribution in [0.4, 0.5) is 4.39 Å². The lowest BCUT2D eigenvalue weighted by molar-refractivity contribution is 0.264. The molecule has 1 aromatic rings. The standard InChI is InChI=1S/C9H12FNO4S/c1-16(14,15)7-3-2-5(6(11)4-12)9(13)8(7)10/h2-3,6,12-13H,4,11H2,1H3. The Balaban J connectivity index is 3.41. The van der Waals surface area contributed by atoms with Crippen LogP contribution in [0.25, 0.3) is 0 Å². The maximum absolute atomic E-state index is 13.5. The van der Waals surface area contributed by atoms with Gasteiger partial charge in [-0.15, -0.1) is 0 Å². The van der Waals surface area contributed by atoms with Crippen LogP contribution in [-0.4, -0.2) is 31.5 Å². The van der Waals surface area contributed by atoms with Gasteiger partial charge in [0.25, 0.3) is 0 Å². The van der Waals surface area contributed by atoms with Gasteiger partial charge in [-0.25, -0.2) is 12.8 Å². The Kier molecular flexibility index (Phi) is 3.51. The summed E-state index contributed by atoms with van der Waals surface area (Å²) < 4.78 is 35.7. The molecule has 0 saturated heterocycles. The van der Waals surface area contributed by atoms with Gasteiger partial charge in [0.2, 0.25) is 0 Å². The van der Waals surface area contributed by atoms with Crippen LogP contribution in [0.15, 0.2) is 17.0 Å². The number of aromatic hydroxyl groups is 1. The first kappa shape index (κ1) is 12.9. The monoisotopic (exact) mass is 249 g/mol. The highest BCUT2D eigenvalue weighted by Crippen LogP contribution is 2.30. The van der Waals surface area contributed by atoms with Crippen molar-refractivity contribution in [3.05, 3.63) is 23.5 Å². The molecule has 1 rings (SSSR count). The molecule has 0 heterocycles. The highest BCUT2D eigenvalue weighted by molar-refractivity contribution is 7.90. The Labute approximate surface area is 92.2 Å². The van der Waals surface area contributed by atoms with E-state index in [1.807, 2.05) is 0 Å². The van der Waals surface area contributed by atoms with E-state index in [0.29, 0.717) is 0 Å². The molecule has 0 aliphatic rings. The van der Waals surface area contributed by atoms with Crippen LogP contribution in [0.2, 0.25) is 0 Å². The molecule has 7 heteroatoms. The lowest BCUT2D eigenvalue weighted by Gasteiger charge is -2.12. The van der Waals surface area contributed by atoms with E-state index in [9.17, 15) is 17.9 Å². The van der Waals surface area contributed by atoms with Crippen LogP contribution >= 0.6 is 0 Å². The molecule has 0 aliphatic heterocycles. The molecule has 1 unspecified atom stereocenters. The fourth-order valence-corrected chi connectivity index (χ4v) is 1.98. The average Bonchev–Trinajstić information content (AvgIpc) is 2.19. The zero-order valence-corrected chi connectivity index (χ0v) is 9.33. The normalized spacial score (nSPS) is 13.8. The lowest BCUT2D eigenvalue weighted by atomic mass is 10.1. The van der Waals surface area contributed by atoms with Crippen LogP contribution in [-0.2, 0) is 9.84 Å². The Morgan fingerprint density at radius 1 is 1.50 bits per heavy atom. The summed E-state index contributed by atoms with van der Waals surface area (Å²) in [5, 5.41) is 18.2. The predicted octanol–water partition coefficient (Wildman–Crippen LogP) is -0.0731. The summed E-state index contributed by atoms with van der Waals surface area (Å²) in [5.41, 5.74) is 5.36. The number of halogens is 1. The van der Waals surface area contributed by atoms with Crippen LogP contribution in [0.1, 0.15) is 11.6 Å². The molecule has 0 amide bonds. The van der Waals surface area contributed by atoms with Crippen LogP contribution in [0.5, 0.6) is 5.75 Å². The molecule has 1 atom stereocenters. The van der Waals surface area contributed by atoms with Crippen molar-refractivity contribution in [1.29, 1.82) is 0 Å². The van der Waals surface area contributed by atoms with E-state index in [-0.39, 0.29) is 5.56 Å². The Morgan fingerprint density at radius 2 is 2.06 bits per heavy atom. The Morgan fingerprint density at radius 3 is 2.50 bits per heavy atom. The fourth-order valence-electron chi connectivity index (χ4n) is 1.24. The van der Waals surface area contributed by atoms with Crippen molar-refractivity contribution in [2.45, 2.75) is 10.9 Å². The highest BCUT2D eigenvalue weighted by Gasteiger charge is 2.21. The number of nitrogens with two attached hydrogens (primary N) is 1. The van der Waals surface area contributed by atoms with Gasteiger partial charge in [-0.1, -0.05) is 6.07 Å². The van der Waals surface area contributed by atoms with Gasteiger partial charge >= 0.3 is 0 Å². The molecule has 0 bridgehead atoms. The number of phenolic OH excluding ortho intramolecular Hbond substituents is 1. The second-order valence-corrected chi connectivity index (χ2v) is 5.36. The summed E-state index contributed by atoms with van der Waals surface area (Å²) in [7, 11) is -3.74. The van der Waals surface area contributed by atoms with Gasteiger partial charge in [0.1, 0.15) is 4.90 Å². The van der Waals surface area contributed by atoms with Gasteiger partial charge in [-0.05, 0) is 6.07 Å². The third-order valence-corrected chi connectivity index (χ3v) is 3.22. The first-order chi connectivity index (χ1) is 7.29. The minimum absolute atomic E-state index is 0.0348. The maximum atomic E-state index is 13.5. The van der Waals surface area contributed by atoms with E-state index in [4.69, 9.17) is 10.8 Å². The van der Waals surface area contributed by atoms with E-state index < -0.39 is 38.9 Å². The SMILES string of the molecule is CS(=O)(=O)c1ccc(C(N)CO)c(O)c1F. The molecular weight excluding hydrogens is 237 g/mol. The maximum Gasteiger partial charge on any atom is 0.183 e. The van der Waals surface area contributed by atoms with Crippen LogP contribution in [0.3, 0.4) is 0 Å². The number of hydrogen-bond donors (Lipinski definition) is 3. The van der Waals surface area contributed by atoms with E-state index in [1.165, 1.54) is 6.07 Å². The van der Waals surface area contributed by atoms with Gasteiger partial charge in [-0.3, -0.25) is 0 Å². The summed E-state index contributed by atoms with van der Waals surface area (Å²) in [4.78, 5) is -0.598. The summed E-state index contributed by atoms with van der Waals surface area (Å²) in [6.45, 7) is -0.481. The van der Waals surface area contributed by atoms with Gasteiger partial charge < -0.3 is 15.9 Å². The van der Waals surface area contributed by atoms with Gasteiger partial charge in [0.05, 0.1) is 12.6 Å². The Bertz CT molecular complexity index is 500. The second-order valence-electron chi connectivity index (χ2n) is 3.38. The lowest BCUT2D eigenvalue weighted by Crippen LogP contribution is -2.15. The van der Waals surface area contributed by atoms with Crippen molar-refractivity contribution in [3.8, 4) is 5.75 Å². The molecule has 4 N–H and O–H groups in total. The predicted molar refractivity (Wildman–Crippen MR) is 55.2 cm³/mol. The van der Waals surface area contributed by atoms with E-state index in [1.54, 1.807) is 0 Å². The molecule has 0 aliphatic carbocycles. The number of phenols is 1. The van der Waals surface area contributed by atoms with E-state index in [0.717, 1.165) is 12.3 Å². The van der Waals surface area contributed by atoms with E-state index >= 15 is 0 Å². The molecule has 1 aromatic carbocycles. The summed E-state index contributed by atoms with van der Waals surface area (Å²) in [6, 6.07) is 1.23. The van der Waals surface area contributed by atoms with Crippen LogP contribution in [0, 0.1) is 5.82 Å². The van der Waals surface area contributed by atoms with Crippen molar-refractivity contribution < 1.29 is 23.0 Å². The zero-order valence-electron chi connectivity index (χ0n) is 8.51. The number of aliphatic hydroxyl groups excluding tert-OH is 1. The number of rotatable bonds is 3. The molecule has 0 spiro atoms. The zero-order chi connectivity index (χ0) is 12.5. The fraction of sp³-hybridized carbons (Fsp3) is 0.333. The summed E-state index contributed by atoms with van der Waals surface area (Å²) in [5.74, 6) is -2.09. The van der Waals surface area contributed by atoms with Crippen LogP contribution < -0.4 is 5.73 Å². The quantitative estimate of drug-likeness (QED) is 0.696. The molecule has 0 aromatic heterocycles. The topological polar surface area (TPSA) is 101 Å². The number of hydrogen-bond acceptors (Lipinski definition) is 5. The number of sulfone groups is 1. The largest absolute Gasteiger partial charge is 0.505 e. The number of benzene rings is 1. The Hall–Kier alpha value is -1.18. The molecule has 5 nitrogen and oxygen atoms in total. The molecule has 0 radical (unpaired) electrons. The van der Waals surface area contributed by atoms with Crippen molar-refractivity contribution in [2.75, 3.05) is 12.9 Å². The third kappa shape index (κ3) is 2.31. The minimum atomic E-state index is -3.74. The first-order valence-electron chi connectivity index (χ1n) is 4.37. The summed E-state index contributed by atoms with van der Waals surface area (Å²) in [6.07, 6.45) is 0.830. The van der Waals surface area contributed by atoms with Crippen molar-refractivity contribution in [1.82, 2.24) is 0 Å². The van der Waals surface area contributed by atoms with Gasteiger partial charge in [0, 0.05) is 11.8 Å². The molecule has 90 valence electrons. The average molecular weight is 249 g/mol. The van der Waals surface area contributed by atoms with E-state index in [2.05, 4.69) is 0 Å². The third-order valence-electron chi connectivity index (χ3n) is 2.11. The molecule has 16 heavy (non-hydrogen) atoms. The molecule has 0 fully saturated rings. The van der Waals surface area contributed by atoms with Gasteiger partial charge in [-0.2, -0.15) is 0 Å². The van der Waals surface area contributed by atoms with Crippen molar-refractivity contribution >= 4 is 9.84 Å². The summed E-state index contributed by atoms with van der Waals surface area (Å²) >= 11 is 0. The first-order valence-corrected chi connectivity index (χ1v) is 6.26. The molecular formula is C9H12FNO4S. The number of aliphatic hydroxyl groups is 1. The highest BCUT2D eigenvalue weighted by atomic mass is 32.2. The van der Waals surface area contributed by atoms with Gasteiger partial charge in [0.15, 0.2) is 21.4 Å². The van der Waals surface area contributed by atoms with Crippen molar-refractivity contribution in [2.24, 2.45) is 5.73 Å². The van der Waals surface area contributed by atoms with Crippen molar-refractivity contribution in [3.63, 3.8) is 0 Å². The smallest absolute Gasteiger partial charge is 0.183 e. The second kappa shape index (κ2) is 4.36.